The van der Waals surface area contributed by atoms with Crippen molar-refractivity contribution < 1.29 is 19.1 Å². The molecule has 0 amide bonds. The third kappa shape index (κ3) is 4.19. The van der Waals surface area contributed by atoms with Crippen LogP contribution in [0.25, 0.3) is 5.70 Å². The molecule has 3 aromatic carbocycles. The van der Waals surface area contributed by atoms with E-state index in [2.05, 4.69) is 5.32 Å². The Balaban J connectivity index is 1.59. The molecule has 0 radical (unpaired) electrons. The molecular formula is C29H23Cl2NO4. The molecule has 0 saturated carbocycles. The maximum Gasteiger partial charge on any atom is 0.336 e. The number of ether oxygens (including phenoxy) is 2. The van der Waals surface area contributed by atoms with E-state index in [0.717, 1.165) is 11.1 Å². The van der Waals surface area contributed by atoms with Gasteiger partial charge in [0.25, 0.3) is 0 Å². The number of ketones is 1. The van der Waals surface area contributed by atoms with Crippen LogP contribution < -0.4 is 10.1 Å². The second-order valence-electron chi connectivity index (χ2n) is 8.57. The lowest BCUT2D eigenvalue weighted by atomic mass is 9.80. The second kappa shape index (κ2) is 9.84. The number of allylic oxidation sites excluding steroid dienone is 2. The van der Waals surface area contributed by atoms with Crippen molar-refractivity contribution in [3.05, 3.63) is 116 Å². The molecule has 5 rings (SSSR count). The van der Waals surface area contributed by atoms with Gasteiger partial charge in [-0.25, -0.2) is 4.79 Å². The van der Waals surface area contributed by atoms with Crippen molar-refractivity contribution in [1.82, 2.24) is 5.32 Å². The summed E-state index contributed by atoms with van der Waals surface area (Å²) >= 11 is 13.3. The highest BCUT2D eigenvalue weighted by atomic mass is 35.5. The zero-order valence-electron chi connectivity index (χ0n) is 19.7. The topological polar surface area (TPSA) is 64.6 Å². The molecule has 182 valence electrons. The Kier molecular flexibility index (Phi) is 6.61. The molecule has 1 heterocycles. The van der Waals surface area contributed by atoms with Gasteiger partial charge in [0.05, 0.1) is 27.9 Å². The van der Waals surface area contributed by atoms with Crippen molar-refractivity contribution in [2.24, 2.45) is 0 Å². The first kappa shape index (κ1) is 24.2. The van der Waals surface area contributed by atoms with Crippen molar-refractivity contribution in [3.8, 4) is 5.75 Å². The highest BCUT2D eigenvalue weighted by molar-refractivity contribution is 6.37. The molecule has 1 atom stereocenters. The number of esters is 1. The normalized spacial score (nSPS) is 16.4. The SMILES string of the molecule is CCOC(=O)C1=C(C)NC2=C(C(=O)c3ccccc32)[C@H]1c1cc(Cl)c(OCc2ccccc2)c(Cl)c1. The molecule has 0 bridgehead atoms. The van der Waals surface area contributed by atoms with E-state index in [1.165, 1.54) is 0 Å². The molecular weight excluding hydrogens is 497 g/mol. The second-order valence-corrected chi connectivity index (χ2v) is 9.38. The van der Waals surface area contributed by atoms with Gasteiger partial charge in [0.15, 0.2) is 11.5 Å². The number of carbonyl (C=O) groups excluding carboxylic acids is 2. The number of rotatable bonds is 6. The Morgan fingerprint density at radius 2 is 1.61 bits per heavy atom. The van der Waals surface area contributed by atoms with Crippen molar-refractivity contribution in [2.45, 2.75) is 26.4 Å². The summed E-state index contributed by atoms with van der Waals surface area (Å²) in [4.78, 5) is 26.7. The van der Waals surface area contributed by atoms with Crippen LogP contribution in [0.4, 0.5) is 0 Å². The van der Waals surface area contributed by atoms with E-state index in [4.69, 9.17) is 32.7 Å². The Morgan fingerprint density at radius 3 is 2.28 bits per heavy atom. The van der Waals surface area contributed by atoms with Crippen LogP contribution in [0, 0.1) is 0 Å². The maximum absolute atomic E-state index is 13.6. The third-order valence-corrected chi connectivity index (χ3v) is 6.89. The zero-order valence-corrected chi connectivity index (χ0v) is 21.2. The summed E-state index contributed by atoms with van der Waals surface area (Å²) in [5.41, 5.74) is 5.06. The predicted octanol–water partition coefficient (Wildman–Crippen LogP) is 6.70. The lowest BCUT2D eigenvalue weighted by molar-refractivity contribution is -0.138. The minimum atomic E-state index is -0.710. The number of dihydropyridines is 1. The molecule has 3 aromatic rings. The van der Waals surface area contributed by atoms with Gasteiger partial charge in [-0.15, -0.1) is 0 Å². The Labute approximate surface area is 219 Å². The number of carbonyl (C=O) groups is 2. The molecule has 0 fully saturated rings. The monoisotopic (exact) mass is 519 g/mol. The Morgan fingerprint density at radius 1 is 0.972 bits per heavy atom. The van der Waals surface area contributed by atoms with Crippen LogP contribution in [0.5, 0.6) is 5.75 Å². The minimum Gasteiger partial charge on any atom is -0.486 e. The fraction of sp³-hybridized carbons (Fsp3) is 0.172. The molecule has 1 aliphatic carbocycles. The number of halogens is 2. The van der Waals surface area contributed by atoms with E-state index in [9.17, 15) is 9.59 Å². The number of Topliss-reactive ketones (excluding diaryl/α,β-unsaturated/α-hetero) is 1. The van der Waals surface area contributed by atoms with E-state index < -0.39 is 11.9 Å². The number of hydrogen-bond donors (Lipinski definition) is 1. The maximum atomic E-state index is 13.6. The molecule has 5 nitrogen and oxygen atoms in total. The van der Waals surface area contributed by atoms with Crippen LogP contribution in [0.15, 0.2) is 83.6 Å². The number of benzene rings is 3. The van der Waals surface area contributed by atoms with Crippen molar-refractivity contribution in [3.63, 3.8) is 0 Å². The van der Waals surface area contributed by atoms with Crippen LogP contribution >= 0.6 is 23.2 Å². The minimum absolute atomic E-state index is 0.149. The number of hydrogen-bond acceptors (Lipinski definition) is 5. The molecule has 0 unspecified atom stereocenters. The van der Waals surface area contributed by atoms with E-state index in [0.29, 0.717) is 46.0 Å². The fourth-order valence-corrected chi connectivity index (χ4v) is 5.37. The summed E-state index contributed by atoms with van der Waals surface area (Å²) in [6, 6.07) is 20.5. The Bertz CT molecular complexity index is 1420. The van der Waals surface area contributed by atoms with E-state index in [1.54, 1.807) is 32.0 Å². The molecule has 7 heteroatoms. The van der Waals surface area contributed by atoms with Gasteiger partial charge >= 0.3 is 5.97 Å². The van der Waals surface area contributed by atoms with Crippen LogP contribution in [0.3, 0.4) is 0 Å². The van der Waals surface area contributed by atoms with Gasteiger partial charge in [0, 0.05) is 28.3 Å². The summed E-state index contributed by atoms with van der Waals surface area (Å²) in [5.74, 6) is -1.02. The first-order valence-corrected chi connectivity index (χ1v) is 12.3. The summed E-state index contributed by atoms with van der Waals surface area (Å²) in [6.07, 6.45) is 0. The van der Waals surface area contributed by atoms with Crippen molar-refractivity contribution in [2.75, 3.05) is 6.61 Å². The average Bonchev–Trinajstić information content (AvgIpc) is 3.15. The molecule has 36 heavy (non-hydrogen) atoms. The first-order chi connectivity index (χ1) is 17.4. The summed E-state index contributed by atoms with van der Waals surface area (Å²) < 4.78 is 11.3. The van der Waals surface area contributed by atoms with Gasteiger partial charge in [-0.3, -0.25) is 4.79 Å². The molecule has 0 aromatic heterocycles. The number of nitrogens with one attached hydrogen (secondary N) is 1. The van der Waals surface area contributed by atoms with Gasteiger partial charge in [0.2, 0.25) is 0 Å². The van der Waals surface area contributed by atoms with E-state index in [1.807, 2.05) is 48.5 Å². The van der Waals surface area contributed by atoms with Gasteiger partial charge < -0.3 is 14.8 Å². The molecule has 1 N–H and O–H groups in total. The standard InChI is InChI=1S/C29H23Cl2NO4/c1-3-35-29(34)23-16(2)32-26-19-11-7-8-12-20(19)27(33)25(26)24(23)18-13-21(30)28(22(31)14-18)36-15-17-9-5-4-6-10-17/h4-14,24,32H,3,15H2,1-2H3/t24-/m0/s1. The van der Waals surface area contributed by atoms with Gasteiger partial charge in [-0.1, -0.05) is 77.8 Å². The Hall–Kier alpha value is -3.54. The summed E-state index contributed by atoms with van der Waals surface area (Å²) in [5, 5.41) is 3.86. The molecule has 0 spiro atoms. The van der Waals surface area contributed by atoms with Crippen molar-refractivity contribution >= 4 is 40.7 Å². The molecule has 1 aliphatic heterocycles. The van der Waals surface area contributed by atoms with Crippen LogP contribution in [0.2, 0.25) is 10.0 Å². The largest absolute Gasteiger partial charge is 0.486 e. The third-order valence-electron chi connectivity index (χ3n) is 6.32. The highest BCUT2D eigenvalue weighted by Gasteiger charge is 2.43. The van der Waals surface area contributed by atoms with E-state index >= 15 is 0 Å². The zero-order chi connectivity index (χ0) is 25.4. The van der Waals surface area contributed by atoms with Gasteiger partial charge in [0.1, 0.15) is 6.61 Å². The highest BCUT2D eigenvalue weighted by Crippen LogP contribution is 2.48. The van der Waals surface area contributed by atoms with Crippen molar-refractivity contribution in [1.29, 1.82) is 0 Å². The average molecular weight is 520 g/mol. The molecule has 2 aliphatic rings. The lowest BCUT2D eigenvalue weighted by Crippen LogP contribution is -2.29. The summed E-state index contributed by atoms with van der Waals surface area (Å²) in [7, 11) is 0. The lowest BCUT2D eigenvalue weighted by Gasteiger charge is -2.29. The van der Waals surface area contributed by atoms with Crippen LogP contribution in [-0.4, -0.2) is 18.4 Å². The quantitative estimate of drug-likeness (QED) is 0.367. The first-order valence-electron chi connectivity index (χ1n) is 11.6. The molecule has 0 saturated heterocycles. The predicted molar refractivity (Wildman–Crippen MR) is 140 cm³/mol. The number of fused-ring (bicyclic) bond motifs is 2. The fourth-order valence-electron chi connectivity index (χ4n) is 4.76. The van der Waals surface area contributed by atoms with Crippen LogP contribution in [0.1, 0.15) is 46.8 Å². The van der Waals surface area contributed by atoms with Gasteiger partial charge in [-0.05, 0) is 37.1 Å². The van der Waals surface area contributed by atoms with Crippen LogP contribution in [-0.2, 0) is 16.1 Å². The smallest absolute Gasteiger partial charge is 0.336 e. The summed E-state index contributed by atoms with van der Waals surface area (Å²) in [6.45, 7) is 4.04. The van der Waals surface area contributed by atoms with Gasteiger partial charge in [-0.2, -0.15) is 0 Å². The van der Waals surface area contributed by atoms with E-state index in [-0.39, 0.29) is 22.4 Å².